The first-order chi connectivity index (χ1) is 34.4. The van der Waals surface area contributed by atoms with Crippen LogP contribution in [0.2, 0.25) is 0 Å². The summed E-state index contributed by atoms with van der Waals surface area (Å²) in [7, 11) is 0. The van der Waals surface area contributed by atoms with Crippen molar-refractivity contribution in [1.29, 1.82) is 0 Å². The van der Waals surface area contributed by atoms with E-state index in [0.29, 0.717) is 13.0 Å². The summed E-state index contributed by atoms with van der Waals surface area (Å²) < 4.78 is 23.0. The minimum atomic E-state index is -1.54. The van der Waals surface area contributed by atoms with Gasteiger partial charge in [0, 0.05) is 13.0 Å². The fourth-order valence-electron chi connectivity index (χ4n) is 9.19. The van der Waals surface area contributed by atoms with Crippen molar-refractivity contribution in [2.75, 3.05) is 26.4 Å². The molecule has 1 aliphatic rings. The Morgan fingerprint density at radius 3 is 1.31 bits per heavy atom. The van der Waals surface area contributed by atoms with Gasteiger partial charge in [-0.15, -0.1) is 0 Å². The van der Waals surface area contributed by atoms with E-state index in [9.17, 15) is 25.2 Å². The molecule has 0 aromatic carbocycles. The zero-order chi connectivity index (χ0) is 50.6. The number of carbonyl (C=O) groups excluding carboxylic acids is 1. The standard InChI is InChI=1S/C61H112O9/c1-3-5-7-9-11-13-15-17-19-21-23-25-27-28-29-30-32-34-36-38-40-42-44-46-48-50-57(63)69-55(54-68-61-60(66)59(65)58(64)56(52-62)70-61)53-67-51-49-47-45-43-41-39-37-35-33-31-26-24-22-20-18-16-14-12-10-8-6-4-2/h6,8,12,14,18,20,24,26,55-56,58-62,64-66H,3-5,7,9-11,13,15-17,19,21-23,25,27-54H2,1-2H3/b8-6-,14-12-,20-18-,26-24-. The molecule has 1 aliphatic heterocycles. The van der Waals surface area contributed by atoms with Gasteiger partial charge in [0.25, 0.3) is 0 Å². The second kappa shape index (κ2) is 52.0. The van der Waals surface area contributed by atoms with Crippen molar-refractivity contribution in [2.45, 2.75) is 307 Å². The summed E-state index contributed by atoms with van der Waals surface area (Å²) in [6.45, 7) is 4.48. The fourth-order valence-corrected chi connectivity index (χ4v) is 9.19. The molecule has 6 atom stereocenters. The molecule has 0 bridgehead atoms. The molecule has 0 aromatic rings. The Bertz CT molecular complexity index is 1220. The molecule has 4 N–H and O–H groups in total. The fraction of sp³-hybridized carbons (Fsp3) is 0.852. The van der Waals surface area contributed by atoms with Crippen molar-refractivity contribution in [3.63, 3.8) is 0 Å². The average molecular weight is 990 g/mol. The highest BCUT2D eigenvalue weighted by Crippen LogP contribution is 2.23. The smallest absolute Gasteiger partial charge is 0.306 e. The Hall–Kier alpha value is -1.85. The average Bonchev–Trinajstić information content (AvgIpc) is 3.36. The molecule has 0 saturated carbocycles. The monoisotopic (exact) mass is 989 g/mol. The molecule has 0 aromatic heterocycles. The van der Waals surface area contributed by atoms with Crippen LogP contribution in [0.1, 0.15) is 271 Å². The number of hydrogen-bond acceptors (Lipinski definition) is 9. The summed E-state index contributed by atoms with van der Waals surface area (Å²) in [5.41, 5.74) is 0. The van der Waals surface area contributed by atoms with Crippen LogP contribution in [0.15, 0.2) is 48.6 Å². The van der Waals surface area contributed by atoms with E-state index < -0.39 is 43.4 Å². The van der Waals surface area contributed by atoms with E-state index in [0.717, 1.165) is 64.2 Å². The van der Waals surface area contributed by atoms with E-state index in [1.54, 1.807) is 0 Å². The highest BCUT2D eigenvalue weighted by atomic mass is 16.7. The molecular weight excluding hydrogens is 877 g/mol. The summed E-state index contributed by atoms with van der Waals surface area (Å²) in [4.78, 5) is 12.9. The third kappa shape index (κ3) is 41.6. The van der Waals surface area contributed by atoms with Crippen LogP contribution in [0.5, 0.6) is 0 Å². The molecule has 1 rings (SSSR count). The summed E-state index contributed by atoms with van der Waals surface area (Å²) in [6, 6.07) is 0. The Morgan fingerprint density at radius 2 is 0.871 bits per heavy atom. The van der Waals surface area contributed by atoms with Gasteiger partial charge in [-0.1, -0.05) is 262 Å². The Labute approximate surface area is 431 Å². The van der Waals surface area contributed by atoms with Crippen LogP contribution in [-0.2, 0) is 23.7 Å². The van der Waals surface area contributed by atoms with Crippen molar-refractivity contribution in [3.8, 4) is 0 Å². The summed E-state index contributed by atoms with van der Waals surface area (Å²) in [5.74, 6) is -0.310. The molecule has 1 fully saturated rings. The number of carbonyl (C=O) groups is 1. The van der Waals surface area contributed by atoms with Gasteiger partial charge in [0.15, 0.2) is 6.29 Å². The van der Waals surface area contributed by atoms with Gasteiger partial charge in [0.2, 0.25) is 0 Å². The topological polar surface area (TPSA) is 135 Å². The van der Waals surface area contributed by atoms with Crippen LogP contribution in [0, 0.1) is 0 Å². The second-order valence-electron chi connectivity index (χ2n) is 20.4. The first-order valence-electron chi connectivity index (χ1n) is 29.7. The Kier molecular flexibility index (Phi) is 49.2. The normalized spacial score (nSPS) is 19.2. The highest BCUT2D eigenvalue weighted by molar-refractivity contribution is 5.69. The molecule has 1 saturated heterocycles. The highest BCUT2D eigenvalue weighted by Gasteiger charge is 2.44. The van der Waals surface area contributed by atoms with E-state index in [1.165, 1.54) is 186 Å². The number of aliphatic hydroxyl groups is 4. The maximum absolute atomic E-state index is 12.9. The maximum atomic E-state index is 12.9. The molecule has 0 spiro atoms. The van der Waals surface area contributed by atoms with Crippen LogP contribution in [0.3, 0.4) is 0 Å². The third-order valence-electron chi connectivity index (χ3n) is 13.8. The molecule has 410 valence electrons. The van der Waals surface area contributed by atoms with Gasteiger partial charge in [-0.05, 0) is 51.4 Å². The SMILES string of the molecule is CC/C=C\C/C=C\C/C=C\C/C=C\CCCCCCCCCCCOCC(COC1OC(CO)C(O)C(O)C1O)OC(=O)CCCCCCCCCCCCCCCCCCCCCCCCCCC. The Morgan fingerprint density at radius 1 is 0.471 bits per heavy atom. The van der Waals surface area contributed by atoms with Crippen LogP contribution in [0.25, 0.3) is 0 Å². The number of allylic oxidation sites excluding steroid dienone is 8. The molecule has 9 heteroatoms. The quantitative estimate of drug-likeness (QED) is 0.0267. The molecule has 0 amide bonds. The van der Waals surface area contributed by atoms with E-state index in [1.807, 2.05) is 0 Å². The molecule has 0 aliphatic carbocycles. The second-order valence-corrected chi connectivity index (χ2v) is 20.4. The van der Waals surface area contributed by atoms with Crippen molar-refractivity contribution >= 4 is 5.97 Å². The van der Waals surface area contributed by atoms with E-state index in [2.05, 4.69) is 62.5 Å². The molecule has 70 heavy (non-hydrogen) atoms. The van der Waals surface area contributed by atoms with E-state index in [4.69, 9.17) is 18.9 Å². The van der Waals surface area contributed by atoms with Crippen LogP contribution >= 0.6 is 0 Å². The zero-order valence-corrected chi connectivity index (χ0v) is 45.5. The first kappa shape index (κ1) is 66.2. The largest absolute Gasteiger partial charge is 0.457 e. The Balaban J connectivity index is 2.13. The zero-order valence-electron chi connectivity index (χ0n) is 45.5. The van der Waals surface area contributed by atoms with Crippen molar-refractivity contribution in [3.05, 3.63) is 48.6 Å². The lowest BCUT2D eigenvalue weighted by molar-refractivity contribution is -0.305. The molecule has 1 heterocycles. The van der Waals surface area contributed by atoms with Crippen LogP contribution in [0.4, 0.5) is 0 Å². The minimum absolute atomic E-state index is 0.114. The van der Waals surface area contributed by atoms with E-state index in [-0.39, 0.29) is 19.2 Å². The van der Waals surface area contributed by atoms with Gasteiger partial charge in [-0.2, -0.15) is 0 Å². The summed E-state index contributed by atoms with van der Waals surface area (Å²) >= 11 is 0. The number of unbranched alkanes of at least 4 members (excludes halogenated alkanes) is 33. The summed E-state index contributed by atoms with van der Waals surface area (Å²) in [6.07, 6.45) is 60.2. The van der Waals surface area contributed by atoms with Gasteiger partial charge in [0.05, 0.1) is 19.8 Å². The number of esters is 1. The van der Waals surface area contributed by atoms with Gasteiger partial charge < -0.3 is 39.4 Å². The lowest BCUT2D eigenvalue weighted by Gasteiger charge is -2.39. The predicted molar refractivity (Wildman–Crippen MR) is 293 cm³/mol. The van der Waals surface area contributed by atoms with Gasteiger partial charge in [0.1, 0.15) is 30.5 Å². The first-order valence-corrected chi connectivity index (χ1v) is 29.7. The van der Waals surface area contributed by atoms with Crippen LogP contribution in [-0.4, -0.2) is 89.6 Å². The van der Waals surface area contributed by atoms with Crippen molar-refractivity contribution in [2.24, 2.45) is 0 Å². The number of ether oxygens (including phenoxy) is 4. The number of aliphatic hydroxyl groups excluding tert-OH is 4. The molecule has 6 unspecified atom stereocenters. The summed E-state index contributed by atoms with van der Waals surface area (Å²) in [5, 5.41) is 40.4. The lowest BCUT2D eigenvalue weighted by Crippen LogP contribution is -2.59. The van der Waals surface area contributed by atoms with E-state index >= 15 is 0 Å². The molecule has 9 nitrogen and oxygen atoms in total. The number of rotatable bonds is 52. The molecule has 0 radical (unpaired) electrons. The predicted octanol–water partition coefficient (Wildman–Crippen LogP) is 15.6. The van der Waals surface area contributed by atoms with Crippen molar-refractivity contribution < 1.29 is 44.2 Å². The third-order valence-corrected chi connectivity index (χ3v) is 13.8. The van der Waals surface area contributed by atoms with Gasteiger partial charge >= 0.3 is 5.97 Å². The minimum Gasteiger partial charge on any atom is -0.457 e. The van der Waals surface area contributed by atoms with Gasteiger partial charge in [-0.25, -0.2) is 0 Å². The molecular formula is C61H112O9. The lowest BCUT2D eigenvalue weighted by atomic mass is 9.99. The van der Waals surface area contributed by atoms with Crippen LogP contribution < -0.4 is 0 Å². The maximum Gasteiger partial charge on any atom is 0.306 e. The van der Waals surface area contributed by atoms with Gasteiger partial charge in [-0.3, -0.25) is 4.79 Å². The van der Waals surface area contributed by atoms with Crippen molar-refractivity contribution in [1.82, 2.24) is 0 Å². The number of hydrogen-bond donors (Lipinski definition) is 4.